The third-order valence-corrected chi connectivity index (χ3v) is 4.57. The van der Waals surface area contributed by atoms with Crippen molar-refractivity contribution >= 4 is 5.96 Å². The van der Waals surface area contributed by atoms with Crippen LogP contribution in [0.2, 0.25) is 0 Å². The minimum absolute atomic E-state index is 0.847. The number of ether oxygens (including phenoxy) is 1. The first-order valence-corrected chi connectivity index (χ1v) is 9.70. The van der Waals surface area contributed by atoms with E-state index in [1.165, 1.54) is 44.5 Å². The van der Waals surface area contributed by atoms with Gasteiger partial charge in [-0.15, -0.1) is 0 Å². The normalized spacial score (nSPS) is 15.4. The van der Waals surface area contributed by atoms with E-state index in [1.807, 2.05) is 12.1 Å². The predicted molar refractivity (Wildman–Crippen MR) is 106 cm³/mol. The molecule has 1 aliphatic rings. The molecule has 1 aromatic rings. The molecule has 0 amide bonds. The zero-order valence-corrected chi connectivity index (χ0v) is 15.9. The Labute approximate surface area is 152 Å². The molecule has 1 aliphatic heterocycles. The first-order chi connectivity index (χ1) is 12.3. The van der Waals surface area contributed by atoms with E-state index in [4.69, 9.17) is 9.73 Å². The van der Waals surface area contributed by atoms with E-state index in [2.05, 4.69) is 34.6 Å². The van der Waals surface area contributed by atoms with Crippen LogP contribution in [0.25, 0.3) is 0 Å². The number of benzene rings is 1. The monoisotopic (exact) mass is 346 g/mol. The van der Waals surface area contributed by atoms with Gasteiger partial charge in [-0.1, -0.05) is 18.2 Å². The van der Waals surface area contributed by atoms with E-state index >= 15 is 0 Å². The second-order valence-corrected chi connectivity index (χ2v) is 6.51. The zero-order valence-electron chi connectivity index (χ0n) is 15.9. The Hall–Kier alpha value is -1.75. The molecule has 0 radical (unpaired) electrons. The Bertz CT molecular complexity index is 512. The highest BCUT2D eigenvalue weighted by molar-refractivity contribution is 5.79. The molecule has 5 heteroatoms. The Morgan fingerprint density at radius 3 is 2.72 bits per heavy atom. The van der Waals surface area contributed by atoms with Gasteiger partial charge in [-0.2, -0.15) is 0 Å². The molecule has 1 fully saturated rings. The lowest BCUT2D eigenvalue weighted by Crippen LogP contribution is -2.38. The number of guanidine groups is 1. The molecule has 1 heterocycles. The summed E-state index contributed by atoms with van der Waals surface area (Å²) >= 11 is 0. The molecule has 2 rings (SSSR count). The Morgan fingerprint density at radius 1 is 1.16 bits per heavy atom. The summed E-state index contributed by atoms with van der Waals surface area (Å²) in [5, 5.41) is 6.75. The fourth-order valence-electron chi connectivity index (χ4n) is 3.21. The molecule has 0 bridgehead atoms. The maximum absolute atomic E-state index is 5.41. The van der Waals surface area contributed by atoms with Crippen LogP contribution in [-0.2, 0) is 6.42 Å². The molecule has 1 aromatic carbocycles. The van der Waals surface area contributed by atoms with Gasteiger partial charge in [-0.3, -0.25) is 4.99 Å². The highest BCUT2D eigenvalue weighted by Crippen LogP contribution is 2.17. The number of para-hydroxylation sites is 1. The average Bonchev–Trinajstić information content (AvgIpc) is 3.15. The number of aliphatic imine (C=N–C) groups is 1. The van der Waals surface area contributed by atoms with Crippen LogP contribution in [0.15, 0.2) is 29.3 Å². The van der Waals surface area contributed by atoms with Crippen molar-refractivity contribution in [3.05, 3.63) is 29.8 Å². The number of unbranched alkanes of at least 4 members (excludes halogenated alkanes) is 1. The van der Waals surface area contributed by atoms with Crippen molar-refractivity contribution in [2.24, 2.45) is 4.99 Å². The number of rotatable bonds is 10. The molecule has 0 saturated carbocycles. The molecule has 0 aromatic heterocycles. The maximum Gasteiger partial charge on any atom is 0.191 e. The van der Waals surface area contributed by atoms with Gasteiger partial charge in [0.05, 0.1) is 7.11 Å². The van der Waals surface area contributed by atoms with Gasteiger partial charge in [0.1, 0.15) is 5.75 Å². The zero-order chi connectivity index (χ0) is 17.7. The second-order valence-electron chi connectivity index (χ2n) is 6.51. The van der Waals surface area contributed by atoms with Crippen LogP contribution in [0, 0.1) is 0 Å². The quantitative estimate of drug-likeness (QED) is 0.388. The van der Waals surface area contributed by atoms with Crippen molar-refractivity contribution in [2.45, 2.75) is 39.0 Å². The summed E-state index contributed by atoms with van der Waals surface area (Å²) in [4.78, 5) is 7.27. The van der Waals surface area contributed by atoms with Crippen LogP contribution in [0.1, 0.15) is 38.2 Å². The molecule has 0 spiro atoms. The smallest absolute Gasteiger partial charge is 0.191 e. The Morgan fingerprint density at radius 2 is 1.96 bits per heavy atom. The number of hydrogen-bond donors (Lipinski definition) is 2. The van der Waals surface area contributed by atoms with E-state index in [1.54, 1.807) is 7.11 Å². The summed E-state index contributed by atoms with van der Waals surface area (Å²) in [7, 11) is 1.72. The standard InChI is InChI=1S/C20H34N4O/c1-3-21-20(22-13-6-7-15-24-16-8-9-17-24)23-14-12-18-10-4-5-11-19(18)25-2/h4-5,10-11H,3,6-9,12-17H2,1-2H3,(H2,21,22,23). The first kappa shape index (κ1) is 19.6. The van der Waals surface area contributed by atoms with Crippen molar-refractivity contribution in [1.82, 2.24) is 15.5 Å². The molecule has 140 valence electrons. The summed E-state index contributed by atoms with van der Waals surface area (Å²) in [5.74, 6) is 1.87. The molecule has 0 aliphatic carbocycles. The van der Waals surface area contributed by atoms with Crippen LogP contribution in [0.3, 0.4) is 0 Å². The highest BCUT2D eigenvalue weighted by atomic mass is 16.5. The van der Waals surface area contributed by atoms with Crippen LogP contribution < -0.4 is 15.4 Å². The van der Waals surface area contributed by atoms with E-state index < -0.39 is 0 Å². The fraction of sp³-hybridized carbons (Fsp3) is 0.650. The number of nitrogens with one attached hydrogen (secondary N) is 2. The molecule has 5 nitrogen and oxygen atoms in total. The van der Waals surface area contributed by atoms with Crippen LogP contribution >= 0.6 is 0 Å². The van der Waals surface area contributed by atoms with Crippen molar-refractivity contribution in [3.8, 4) is 5.75 Å². The van der Waals surface area contributed by atoms with Crippen molar-refractivity contribution in [1.29, 1.82) is 0 Å². The maximum atomic E-state index is 5.41. The fourth-order valence-corrected chi connectivity index (χ4v) is 3.21. The minimum Gasteiger partial charge on any atom is -0.496 e. The lowest BCUT2D eigenvalue weighted by Gasteiger charge is -2.14. The summed E-state index contributed by atoms with van der Waals surface area (Å²) in [6.07, 6.45) is 6.06. The Balaban J connectivity index is 1.67. The lowest BCUT2D eigenvalue weighted by molar-refractivity contribution is 0.331. The summed E-state index contributed by atoms with van der Waals surface area (Å²) in [5.41, 5.74) is 1.22. The van der Waals surface area contributed by atoms with Gasteiger partial charge in [0.25, 0.3) is 0 Å². The summed E-state index contributed by atoms with van der Waals surface area (Å²) < 4.78 is 5.41. The van der Waals surface area contributed by atoms with Gasteiger partial charge in [0.15, 0.2) is 5.96 Å². The SMILES string of the molecule is CCNC(=NCCCCN1CCCC1)NCCc1ccccc1OC. The van der Waals surface area contributed by atoms with Crippen LogP contribution in [0.5, 0.6) is 5.75 Å². The molecule has 1 saturated heterocycles. The van der Waals surface area contributed by atoms with Gasteiger partial charge >= 0.3 is 0 Å². The number of nitrogens with zero attached hydrogens (tertiary/aromatic N) is 2. The first-order valence-electron chi connectivity index (χ1n) is 9.70. The van der Waals surface area contributed by atoms with E-state index in [-0.39, 0.29) is 0 Å². The number of hydrogen-bond acceptors (Lipinski definition) is 3. The van der Waals surface area contributed by atoms with E-state index in [0.29, 0.717) is 0 Å². The predicted octanol–water partition coefficient (Wildman–Crippen LogP) is 2.67. The van der Waals surface area contributed by atoms with Gasteiger partial charge in [0, 0.05) is 19.6 Å². The van der Waals surface area contributed by atoms with Crippen molar-refractivity contribution in [2.75, 3.05) is 46.4 Å². The van der Waals surface area contributed by atoms with Crippen LogP contribution in [-0.4, -0.2) is 57.2 Å². The molecular weight excluding hydrogens is 312 g/mol. The van der Waals surface area contributed by atoms with E-state index in [0.717, 1.165) is 44.2 Å². The molecule has 0 atom stereocenters. The largest absolute Gasteiger partial charge is 0.496 e. The van der Waals surface area contributed by atoms with E-state index in [9.17, 15) is 0 Å². The van der Waals surface area contributed by atoms with Gasteiger partial charge in [-0.05, 0) is 70.3 Å². The van der Waals surface area contributed by atoms with Gasteiger partial charge in [-0.25, -0.2) is 0 Å². The van der Waals surface area contributed by atoms with Crippen LogP contribution in [0.4, 0.5) is 0 Å². The second kappa shape index (κ2) is 11.7. The molecular formula is C20H34N4O. The van der Waals surface area contributed by atoms with Gasteiger partial charge in [0.2, 0.25) is 0 Å². The number of likely N-dealkylation sites (tertiary alicyclic amines) is 1. The number of methoxy groups -OCH3 is 1. The third kappa shape index (κ3) is 7.34. The highest BCUT2D eigenvalue weighted by Gasteiger charge is 2.10. The van der Waals surface area contributed by atoms with Crippen molar-refractivity contribution in [3.63, 3.8) is 0 Å². The Kier molecular flexibility index (Phi) is 9.19. The summed E-state index contributed by atoms with van der Waals surface area (Å²) in [6, 6.07) is 8.18. The summed E-state index contributed by atoms with van der Waals surface area (Å²) in [6.45, 7) is 8.52. The molecule has 2 N–H and O–H groups in total. The molecule has 0 unspecified atom stereocenters. The minimum atomic E-state index is 0.847. The third-order valence-electron chi connectivity index (χ3n) is 4.57. The lowest BCUT2D eigenvalue weighted by atomic mass is 10.1. The molecule has 25 heavy (non-hydrogen) atoms. The van der Waals surface area contributed by atoms with Gasteiger partial charge < -0.3 is 20.3 Å². The van der Waals surface area contributed by atoms with Crippen molar-refractivity contribution < 1.29 is 4.74 Å². The average molecular weight is 347 g/mol. The topological polar surface area (TPSA) is 48.9 Å².